The predicted molar refractivity (Wildman–Crippen MR) is 102 cm³/mol. The molecule has 2 aliphatic carbocycles. The van der Waals surface area contributed by atoms with E-state index >= 15 is 0 Å². The van der Waals surface area contributed by atoms with Crippen LogP contribution in [-0.2, 0) is 0 Å². The van der Waals surface area contributed by atoms with Crippen molar-refractivity contribution < 1.29 is 0 Å². The van der Waals surface area contributed by atoms with E-state index in [1.54, 1.807) is 16.8 Å². The first-order chi connectivity index (χ1) is 12.5. The number of aromatic nitrogens is 4. The highest BCUT2D eigenvalue weighted by molar-refractivity contribution is 5.24. The maximum absolute atomic E-state index is 12.4. The summed E-state index contributed by atoms with van der Waals surface area (Å²) in [7, 11) is 0. The maximum Gasteiger partial charge on any atom is 0.267 e. The lowest BCUT2D eigenvalue weighted by atomic mass is 9.90. The molecule has 0 amide bonds. The average Bonchev–Trinajstić information content (AvgIpc) is 3.41. The second-order valence-corrected chi connectivity index (χ2v) is 8.11. The van der Waals surface area contributed by atoms with Crippen molar-refractivity contribution in [3.05, 3.63) is 39.9 Å². The first kappa shape index (κ1) is 17.5. The second kappa shape index (κ2) is 6.99. The van der Waals surface area contributed by atoms with E-state index in [2.05, 4.69) is 22.4 Å². The van der Waals surface area contributed by atoms with E-state index < -0.39 is 0 Å². The van der Waals surface area contributed by atoms with Gasteiger partial charge in [-0.2, -0.15) is 5.10 Å². The molecule has 4 rings (SSSR count). The molecular weight excluding hydrogens is 326 g/mol. The van der Waals surface area contributed by atoms with E-state index in [-0.39, 0.29) is 11.6 Å². The molecule has 0 radical (unpaired) electrons. The summed E-state index contributed by atoms with van der Waals surface area (Å²) in [5.41, 5.74) is 1.97. The fourth-order valence-electron chi connectivity index (χ4n) is 4.24. The van der Waals surface area contributed by atoms with Gasteiger partial charge in [0, 0.05) is 23.8 Å². The molecule has 140 valence electrons. The van der Waals surface area contributed by atoms with Gasteiger partial charge in [-0.1, -0.05) is 0 Å². The molecule has 1 unspecified atom stereocenters. The molecule has 1 atom stereocenters. The van der Waals surface area contributed by atoms with Gasteiger partial charge in [-0.15, -0.1) is 5.10 Å². The Morgan fingerprint density at radius 3 is 2.42 bits per heavy atom. The summed E-state index contributed by atoms with van der Waals surface area (Å²) >= 11 is 0. The quantitative estimate of drug-likeness (QED) is 0.896. The molecule has 2 aliphatic rings. The Balaban J connectivity index is 1.47. The van der Waals surface area contributed by atoms with E-state index in [0.717, 1.165) is 48.8 Å². The van der Waals surface area contributed by atoms with E-state index in [1.807, 2.05) is 24.6 Å². The smallest absolute Gasteiger partial charge is 0.267 e. The van der Waals surface area contributed by atoms with Crippen LogP contribution in [0.25, 0.3) is 5.82 Å². The van der Waals surface area contributed by atoms with Gasteiger partial charge in [-0.25, -0.2) is 9.36 Å². The molecule has 0 bridgehead atoms. The van der Waals surface area contributed by atoms with Crippen LogP contribution >= 0.6 is 0 Å². The Labute approximate surface area is 154 Å². The molecule has 0 saturated heterocycles. The van der Waals surface area contributed by atoms with E-state index in [1.165, 1.54) is 12.8 Å². The summed E-state index contributed by atoms with van der Waals surface area (Å²) in [5, 5.41) is 12.9. The number of rotatable bonds is 5. The van der Waals surface area contributed by atoms with Gasteiger partial charge in [0.15, 0.2) is 5.82 Å². The maximum atomic E-state index is 12.4. The lowest BCUT2D eigenvalue weighted by Crippen LogP contribution is -2.41. The summed E-state index contributed by atoms with van der Waals surface area (Å²) in [6.45, 7) is 6.29. The Kier molecular flexibility index (Phi) is 4.69. The normalized spacial score (nSPS) is 24.6. The van der Waals surface area contributed by atoms with Gasteiger partial charge in [0.1, 0.15) is 0 Å². The van der Waals surface area contributed by atoms with Crippen LogP contribution in [-0.4, -0.2) is 31.6 Å². The topological polar surface area (TPSA) is 64.7 Å². The molecule has 0 aromatic carbocycles. The summed E-state index contributed by atoms with van der Waals surface area (Å²) in [5.74, 6) is 1.60. The van der Waals surface area contributed by atoms with Crippen LogP contribution in [0.3, 0.4) is 0 Å². The first-order valence-corrected chi connectivity index (χ1v) is 9.91. The van der Waals surface area contributed by atoms with Crippen LogP contribution in [0.15, 0.2) is 23.0 Å². The van der Waals surface area contributed by atoms with Crippen molar-refractivity contribution >= 4 is 0 Å². The van der Waals surface area contributed by atoms with Crippen molar-refractivity contribution in [3.8, 4) is 5.82 Å². The zero-order chi connectivity index (χ0) is 18.3. The van der Waals surface area contributed by atoms with Crippen molar-refractivity contribution in [2.75, 3.05) is 0 Å². The van der Waals surface area contributed by atoms with E-state index in [0.29, 0.717) is 12.1 Å². The summed E-state index contributed by atoms with van der Waals surface area (Å²) < 4.78 is 3.50. The molecule has 6 nitrogen and oxygen atoms in total. The molecule has 26 heavy (non-hydrogen) atoms. The van der Waals surface area contributed by atoms with Crippen molar-refractivity contribution in [2.24, 2.45) is 5.92 Å². The van der Waals surface area contributed by atoms with Gasteiger partial charge >= 0.3 is 0 Å². The highest BCUT2D eigenvalue weighted by Gasteiger charge is 2.31. The zero-order valence-electron chi connectivity index (χ0n) is 16.0. The fourth-order valence-corrected chi connectivity index (χ4v) is 4.24. The molecule has 1 N–H and O–H groups in total. The number of nitrogens with one attached hydrogen (secondary N) is 1. The first-order valence-electron chi connectivity index (χ1n) is 9.91. The Hall–Kier alpha value is -1.95. The SMILES string of the molecule is Cc1cc(C)n(-c2ccc(=O)n(C3CCC(NC(C)C4CC4)CC3)n2)n1. The average molecular weight is 355 g/mol. The van der Waals surface area contributed by atoms with Gasteiger partial charge in [0.25, 0.3) is 5.56 Å². The van der Waals surface area contributed by atoms with Crippen LogP contribution in [0, 0.1) is 19.8 Å². The predicted octanol–water partition coefficient (Wildman–Crippen LogP) is 2.92. The molecule has 0 aliphatic heterocycles. The largest absolute Gasteiger partial charge is 0.311 e. The van der Waals surface area contributed by atoms with E-state index in [4.69, 9.17) is 0 Å². The van der Waals surface area contributed by atoms with Crippen LogP contribution in [0.5, 0.6) is 0 Å². The van der Waals surface area contributed by atoms with Gasteiger partial charge in [-0.05, 0) is 77.3 Å². The summed E-state index contributed by atoms with van der Waals surface area (Å²) in [6.07, 6.45) is 6.98. The molecule has 2 aromatic heterocycles. The lowest BCUT2D eigenvalue weighted by molar-refractivity contribution is 0.253. The Morgan fingerprint density at radius 1 is 1.08 bits per heavy atom. The van der Waals surface area contributed by atoms with Gasteiger partial charge in [-0.3, -0.25) is 4.79 Å². The zero-order valence-corrected chi connectivity index (χ0v) is 16.0. The molecule has 2 saturated carbocycles. The van der Waals surface area contributed by atoms with Crippen LogP contribution in [0.2, 0.25) is 0 Å². The number of hydrogen-bond donors (Lipinski definition) is 1. The van der Waals surface area contributed by atoms with Crippen molar-refractivity contribution in [1.82, 2.24) is 24.9 Å². The number of hydrogen-bond acceptors (Lipinski definition) is 4. The second-order valence-electron chi connectivity index (χ2n) is 8.11. The Bertz CT molecular complexity index is 827. The molecular formula is C20H29N5O. The van der Waals surface area contributed by atoms with Crippen LogP contribution in [0.4, 0.5) is 0 Å². The highest BCUT2D eigenvalue weighted by atomic mass is 16.1. The minimum absolute atomic E-state index is 0.0157. The van der Waals surface area contributed by atoms with Crippen molar-refractivity contribution in [1.29, 1.82) is 0 Å². The Morgan fingerprint density at radius 2 is 1.81 bits per heavy atom. The van der Waals surface area contributed by atoms with Crippen LogP contribution in [0.1, 0.15) is 62.9 Å². The molecule has 2 aromatic rings. The third kappa shape index (κ3) is 3.61. The van der Waals surface area contributed by atoms with Gasteiger partial charge < -0.3 is 5.32 Å². The summed E-state index contributed by atoms with van der Waals surface area (Å²) in [4.78, 5) is 12.4. The standard InChI is InChI=1S/C20H29N5O/c1-13-12-14(2)24(22-13)19-10-11-20(26)25(23-19)18-8-6-17(7-9-18)21-15(3)16-4-5-16/h10-12,15-18,21H,4-9H2,1-3H3. The monoisotopic (exact) mass is 355 g/mol. The van der Waals surface area contributed by atoms with E-state index in [9.17, 15) is 4.79 Å². The molecule has 2 fully saturated rings. The summed E-state index contributed by atoms with van der Waals surface area (Å²) in [6, 6.07) is 6.81. The van der Waals surface area contributed by atoms with Gasteiger partial charge in [0.05, 0.1) is 11.7 Å². The molecule has 2 heterocycles. The highest BCUT2D eigenvalue weighted by Crippen LogP contribution is 2.34. The third-order valence-corrected chi connectivity index (χ3v) is 5.91. The lowest BCUT2D eigenvalue weighted by Gasteiger charge is -2.31. The number of nitrogens with zero attached hydrogens (tertiary/aromatic N) is 4. The van der Waals surface area contributed by atoms with Crippen molar-refractivity contribution in [3.63, 3.8) is 0 Å². The fraction of sp³-hybridized carbons (Fsp3) is 0.650. The molecule has 6 heteroatoms. The van der Waals surface area contributed by atoms with Crippen LogP contribution < -0.4 is 10.9 Å². The minimum Gasteiger partial charge on any atom is -0.311 e. The third-order valence-electron chi connectivity index (χ3n) is 5.91. The number of aryl methyl sites for hydroxylation is 2. The minimum atomic E-state index is -0.0157. The van der Waals surface area contributed by atoms with Crippen molar-refractivity contribution in [2.45, 2.75) is 77.4 Å². The van der Waals surface area contributed by atoms with Gasteiger partial charge in [0.2, 0.25) is 0 Å². The molecule has 0 spiro atoms.